The molecule has 0 radical (unpaired) electrons. The van der Waals surface area contributed by atoms with Crippen LogP contribution in [0, 0.1) is 18.6 Å². The van der Waals surface area contributed by atoms with Crippen molar-refractivity contribution < 1.29 is 18.3 Å². The molecule has 0 saturated carbocycles. The number of halogens is 3. The van der Waals surface area contributed by atoms with Gasteiger partial charge in [-0.15, -0.1) is 0 Å². The molecule has 1 aromatic heterocycles. The van der Waals surface area contributed by atoms with Crippen LogP contribution in [0.5, 0.6) is 5.75 Å². The highest BCUT2D eigenvalue weighted by Crippen LogP contribution is 2.21. The van der Waals surface area contributed by atoms with Gasteiger partial charge in [0, 0.05) is 12.3 Å². The zero-order chi connectivity index (χ0) is 18.7. The van der Waals surface area contributed by atoms with Gasteiger partial charge in [-0.2, -0.15) is 5.10 Å². The lowest BCUT2D eigenvalue weighted by atomic mass is 10.2. The fraction of sp³-hybridized carbons (Fsp3) is 0.111. The zero-order valence-corrected chi connectivity index (χ0v) is 14.4. The molecule has 3 aromatic rings. The first-order valence-corrected chi connectivity index (χ1v) is 7.99. The number of nitrogens with one attached hydrogen (secondary N) is 1. The lowest BCUT2D eigenvalue weighted by molar-refractivity contribution is 0.101. The molecule has 0 unspecified atom stereocenters. The van der Waals surface area contributed by atoms with Gasteiger partial charge in [0.1, 0.15) is 17.4 Å². The summed E-state index contributed by atoms with van der Waals surface area (Å²) in [5.74, 6) is -1.25. The number of ether oxygens (including phenoxy) is 1. The average Bonchev–Trinajstić information content (AvgIpc) is 3.08. The van der Waals surface area contributed by atoms with Crippen LogP contribution in [0.2, 0.25) is 5.02 Å². The molecule has 26 heavy (non-hydrogen) atoms. The highest BCUT2D eigenvalue weighted by molar-refractivity contribution is 6.30. The number of rotatable bonds is 5. The molecule has 8 heteroatoms. The maximum Gasteiger partial charge on any atom is 0.276 e. The van der Waals surface area contributed by atoms with Crippen molar-refractivity contribution in [2.45, 2.75) is 13.7 Å². The molecule has 0 atom stereocenters. The summed E-state index contributed by atoms with van der Waals surface area (Å²) in [5, 5.41) is 6.49. The quantitative estimate of drug-likeness (QED) is 0.716. The summed E-state index contributed by atoms with van der Waals surface area (Å²) in [7, 11) is 0. The number of hydrogen-bond acceptors (Lipinski definition) is 3. The molecule has 0 aliphatic carbocycles. The van der Waals surface area contributed by atoms with Crippen LogP contribution in [-0.4, -0.2) is 15.7 Å². The molecule has 5 nitrogen and oxygen atoms in total. The fourth-order valence-corrected chi connectivity index (χ4v) is 2.35. The van der Waals surface area contributed by atoms with Gasteiger partial charge in [-0.05, 0) is 42.8 Å². The Bertz CT molecular complexity index is 959. The van der Waals surface area contributed by atoms with Crippen LogP contribution in [0.4, 0.5) is 14.5 Å². The molecule has 1 N–H and O–H groups in total. The number of carbonyl (C=O) groups is 1. The minimum absolute atomic E-state index is 0.00591. The lowest BCUT2D eigenvalue weighted by Crippen LogP contribution is -2.15. The van der Waals surface area contributed by atoms with Crippen molar-refractivity contribution in [3.63, 3.8) is 0 Å². The number of aromatic nitrogens is 2. The minimum Gasteiger partial charge on any atom is -0.471 e. The highest BCUT2D eigenvalue weighted by atomic mass is 35.5. The van der Waals surface area contributed by atoms with Crippen LogP contribution >= 0.6 is 11.6 Å². The van der Waals surface area contributed by atoms with E-state index in [0.717, 1.165) is 5.56 Å². The third-order valence-corrected chi connectivity index (χ3v) is 3.79. The first-order chi connectivity index (χ1) is 12.4. The van der Waals surface area contributed by atoms with Crippen molar-refractivity contribution >= 4 is 23.2 Å². The van der Waals surface area contributed by atoms with Gasteiger partial charge in [0.25, 0.3) is 5.91 Å². The van der Waals surface area contributed by atoms with Crippen LogP contribution in [0.1, 0.15) is 16.1 Å². The molecule has 3 rings (SSSR count). The van der Waals surface area contributed by atoms with E-state index in [9.17, 15) is 13.6 Å². The Labute approximate surface area is 153 Å². The van der Waals surface area contributed by atoms with Crippen molar-refractivity contribution in [3.8, 4) is 5.75 Å². The van der Waals surface area contributed by atoms with Crippen LogP contribution in [0.15, 0.2) is 48.7 Å². The summed E-state index contributed by atoms with van der Waals surface area (Å²) in [4.78, 5) is 12.2. The van der Waals surface area contributed by atoms with Gasteiger partial charge in [0.2, 0.25) is 0 Å². The Balaban J connectivity index is 1.64. The third kappa shape index (κ3) is 4.18. The topological polar surface area (TPSA) is 56.2 Å². The average molecular weight is 378 g/mol. The largest absolute Gasteiger partial charge is 0.471 e. The van der Waals surface area contributed by atoms with Crippen molar-refractivity contribution in [2.75, 3.05) is 5.32 Å². The molecule has 0 aliphatic heterocycles. The number of nitrogens with zero attached hydrogens (tertiary/aromatic N) is 2. The summed E-state index contributed by atoms with van der Waals surface area (Å²) in [6.45, 7) is 1.79. The molecule has 2 aromatic carbocycles. The summed E-state index contributed by atoms with van der Waals surface area (Å²) in [5.41, 5.74) is 1.01. The number of carbonyl (C=O) groups excluding carboxylic acids is 1. The Hall–Kier alpha value is -2.93. The van der Waals surface area contributed by atoms with Crippen LogP contribution in [-0.2, 0) is 6.73 Å². The molecule has 0 fully saturated rings. The van der Waals surface area contributed by atoms with E-state index in [1.807, 2.05) is 0 Å². The predicted molar refractivity (Wildman–Crippen MR) is 93.4 cm³/mol. The van der Waals surface area contributed by atoms with E-state index in [2.05, 4.69) is 10.4 Å². The molecule has 134 valence electrons. The van der Waals surface area contributed by atoms with Gasteiger partial charge in [0.15, 0.2) is 12.4 Å². The summed E-state index contributed by atoms with van der Waals surface area (Å²) in [6.07, 6.45) is 1.53. The molecule has 0 spiro atoms. The van der Waals surface area contributed by atoms with Crippen molar-refractivity contribution in [3.05, 3.63) is 76.6 Å². The number of hydrogen-bond donors (Lipinski definition) is 1. The van der Waals surface area contributed by atoms with Crippen molar-refractivity contribution in [1.82, 2.24) is 9.78 Å². The third-order valence-electron chi connectivity index (χ3n) is 3.50. The molecular formula is C18H14ClF2N3O2. The Morgan fingerprint density at radius 3 is 2.73 bits per heavy atom. The SMILES string of the molecule is Cc1ccc(F)c(NC(=O)c2ccn(COc3ccc(F)c(Cl)c3)n2)c1. The van der Waals surface area contributed by atoms with Gasteiger partial charge in [-0.25, -0.2) is 13.5 Å². The Morgan fingerprint density at radius 2 is 1.96 bits per heavy atom. The standard InChI is InChI=1S/C18H14ClF2N3O2/c1-11-2-4-15(21)17(8-11)22-18(25)16-6-7-24(23-16)10-26-12-3-5-14(20)13(19)9-12/h2-9H,10H2,1H3,(H,22,25). The van der Waals surface area contributed by atoms with Crippen LogP contribution in [0.3, 0.4) is 0 Å². The van der Waals surface area contributed by atoms with Crippen molar-refractivity contribution in [2.24, 2.45) is 0 Å². The molecule has 0 bridgehead atoms. The maximum atomic E-state index is 13.7. The van der Waals surface area contributed by atoms with E-state index < -0.39 is 17.5 Å². The monoisotopic (exact) mass is 377 g/mol. The molecular weight excluding hydrogens is 364 g/mol. The van der Waals surface area contributed by atoms with Gasteiger partial charge < -0.3 is 10.1 Å². The number of amides is 1. The van der Waals surface area contributed by atoms with Gasteiger partial charge in [0.05, 0.1) is 10.7 Å². The smallest absolute Gasteiger partial charge is 0.276 e. The first-order valence-electron chi connectivity index (χ1n) is 7.61. The van der Waals surface area contributed by atoms with E-state index in [1.165, 1.54) is 47.3 Å². The Morgan fingerprint density at radius 1 is 1.19 bits per heavy atom. The molecule has 1 heterocycles. The van der Waals surface area contributed by atoms with E-state index >= 15 is 0 Å². The van der Waals surface area contributed by atoms with E-state index in [4.69, 9.17) is 16.3 Å². The minimum atomic E-state index is -0.543. The first kappa shape index (κ1) is 17.9. The van der Waals surface area contributed by atoms with Crippen LogP contribution < -0.4 is 10.1 Å². The highest BCUT2D eigenvalue weighted by Gasteiger charge is 2.13. The normalized spacial score (nSPS) is 10.6. The molecule has 1 amide bonds. The van der Waals surface area contributed by atoms with Gasteiger partial charge in [-0.3, -0.25) is 4.79 Å². The van der Waals surface area contributed by atoms with Crippen LogP contribution in [0.25, 0.3) is 0 Å². The van der Waals surface area contributed by atoms with Gasteiger partial charge >= 0.3 is 0 Å². The second kappa shape index (κ2) is 7.53. The fourth-order valence-electron chi connectivity index (χ4n) is 2.18. The summed E-state index contributed by atoms with van der Waals surface area (Å²) < 4.78 is 33.6. The number of aryl methyl sites for hydroxylation is 1. The maximum absolute atomic E-state index is 13.7. The lowest BCUT2D eigenvalue weighted by Gasteiger charge is -2.07. The van der Waals surface area contributed by atoms with E-state index in [-0.39, 0.29) is 23.1 Å². The van der Waals surface area contributed by atoms with E-state index in [0.29, 0.717) is 5.75 Å². The van der Waals surface area contributed by atoms with Crippen molar-refractivity contribution in [1.29, 1.82) is 0 Å². The number of benzene rings is 2. The number of anilines is 1. The summed E-state index contributed by atoms with van der Waals surface area (Å²) >= 11 is 5.68. The summed E-state index contributed by atoms with van der Waals surface area (Å²) in [6, 6.07) is 9.86. The molecule has 0 aliphatic rings. The van der Waals surface area contributed by atoms with Gasteiger partial charge in [-0.1, -0.05) is 17.7 Å². The Kier molecular flexibility index (Phi) is 5.18. The predicted octanol–water partition coefficient (Wildman–Crippen LogP) is 4.41. The second-order valence-electron chi connectivity index (χ2n) is 5.53. The zero-order valence-electron chi connectivity index (χ0n) is 13.7. The van der Waals surface area contributed by atoms with E-state index in [1.54, 1.807) is 13.0 Å². The molecule has 0 saturated heterocycles. The second-order valence-corrected chi connectivity index (χ2v) is 5.93.